The average Bonchev–Trinajstić information content (AvgIpc) is 3.10. The molecule has 0 atom stereocenters. The van der Waals surface area contributed by atoms with Gasteiger partial charge in [0, 0.05) is 4.47 Å². The molecular formula is C21H17BrClN5O. The Labute approximate surface area is 181 Å². The Hall–Kier alpha value is -2.77. The van der Waals surface area contributed by atoms with E-state index in [1.807, 2.05) is 31.2 Å². The highest BCUT2D eigenvalue weighted by molar-refractivity contribution is 9.10. The van der Waals surface area contributed by atoms with E-state index in [0.29, 0.717) is 22.1 Å². The lowest BCUT2D eigenvalue weighted by Gasteiger charge is -2.09. The van der Waals surface area contributed by atoms with Crippen LogP contribution in [0.25, 0.3) is 16.8 Å². The van der Waals surface area contributed by atoms with Gasteiger partial charge < -0.3 is 5.32 Å². The molecule has 146 valence electrons. The first-order valence-electron chi connectivity index (χ1n) is 9.06. The minimum atomic E-state index is -0.385. The van der Waals surface area contributed by atoms with E-state index < -0.39 is 0 Å². The molecule has 2 aromatic heterocycles. The fourth-order valence-corrected chi connectivity index (χ4v) is 3.61. The van der Waals surface area contributed by atoms with Gasteiger partial charge in [0.05, 0.1) is 27.7 Å². The van der Waals surface area contributed by atoms with Gasteiger partial charge in [-0.2, -0.15) is 5.10 Å². The monoisotopic (exact) mass is 469 g/mol. The van der Waals surface area contributed by atoms with Crippen LogP contribution in [0.15, 0.2) is 53.0 Å². The number of hydrogen-bond donors (Lipinski definition) is 1. The van der Waals surface area contributed by atoms with Crippen LogP contribution in [0.4, 0.5) is 5.69 Å². The van der Waals surface area contributed by atoms with Crippen molar-refractivity contribution in [2.75, 3.05) is 5.32 Å². The number of amides is 1. The maximum absolute atomic E-state index is 12.8. The van der Waals surface area contributed by atoms with Gasteiger partial charge in [-0.05, 0) is 43.2 Å². The predicted molar refractivity (Wildman–Crippen MR) is 117 cm³/mol. The van der Waals surface area contributed by atoms with E-state index in [4.69, 9.17) is 16.7 Å². The zero-order valence-electron chi connectivity index (χ0n) is 15.8. The number of halogens is 2. The molecule has 0 aliphatic carbocycles. The summed E-state index contributed by atoms with van der Waals surface area (Å²) in [7, 11) is 0. The van der Waals surface area contributed by atoms with Crippen molar-refractivity contribution in [3.63, 3.8) is 0 Å². The number of carbonyl (C=O) groups excluding carboxylic acids is 1. The second-order valence-corrected chi connectivity index (χ2v) is 7.81. The highest BCUT2D eigenvalue weighted by atomic mass is 79.9. The largest absolute Gasteiger partial charge is 0.319 e. The van der Waals surface area contributed by atoms with Crippen molar-refractivity contribution in [3.8, 4) is 11.1 Å². The molecule has 1 amide bonds. The molecule has 4 aromatic rings. The van der Waals surface area contributed by atoms with Crippen molar-refractivity contribution in [2.24, 2.45) is 0 Å². The third-order valence-corrected chi connectivity index (χ3v) is 5.50. The zero-order valence-corrected chi connectivity index (χ0v) is 18.1. The number of hydrogen-bond acceptors (Lipinski definition) is 4. The number of nitrogens with zero attached hydrogens (tertiary/aromatic N) is 4. The quantitative estimate of drug-likeness (QED) is 0.437. The van der Waals surface area contributed by atoms with Crippen LogP contribution >= 0.6 is 27.5 Å². The van der Waals surface area contributed by atoms with Crippen molar-refractivity contribution in [1.29, 1.82) is 0 Å². The highest BCUT2D eigenvalue weighted by Crippen LogP contribution is 2.30. The van der Waals surface area contributed by atoms with Crippen LogP contribution in [-0.2, 0) is 6.42 Å². The lowest BCUT2D eigenvalue weighted by Crippen LogP contribution is -2.18. The molecule has 2 heterocycles. The van der Waals surface area contributed by atoms with Crippen molar-refractivity contribution in [3.05, 3.63) is 75.1 Å². The molecule has 2 aromatic carbocycles. The van der Waals surface area contributed by atoms with E-state index in [1.165, 1.54) is 0 Å². The Balaban J connectivity index is 1.79. The van der Waals surface area contributed by atoms with E-state index in [0.717, 1.165) is 27.7 Å². The number of fused-ring (bicyclic) bond motifs is 1. The molecule has 0 radical (unpaired) electrons. The minimum absolute atomic E-state index is 0.199. The Kier molecular flexibility index (Phi) is 5.34. The predicted octanol–water partition coefficient (Wildman–Crippen LogP) is 5.33. The lowest BCUT2D eigenvalue weighted by molar-refractivity contribution is 0.102. The first-order valence-corrected chi connectivity index (χ1v) is 10.2. The Morgan fingerprint density at radius 2 is 1.86 bits per heavy atom. The summed E-state index contributed by atoms with van der Waals surface area (Å²) in [6.45, 7) is 3.85. The molecule has 0 spiro atoms. The summed E-state index contributed by atoms with van der Waals surface area (Å²) in [6, 6.07) is 15.0. The molecule has 6 nitrogen and oxygen atoms in total. The third kappa shape index (κ3) is 3.63. The SMILES string of the molecule is CCc1nn2c(C)c(C(=O)Nc3ccccc3Cl)nnc2c1-c1ccc(Br)cc1. The number of para-hydroxylation sites is 1. The maximum atomic E-state index is 12.8. The van der Waals surface area contributed by atoms with E-state index in [9.17, 15) is 4.79 Å². The molecular weight excluding hydrogens is 454 g/mol. The average molecular weight is 471 g/mol. The molecule has 0 bridgehead atoms. The summed E-state index contributed by atoms with van der Waals surface area (Å²) >= 11 is 9.60. The highest BCUT2D eigenvalue weighted by Gasteiger charge is 2.21. The first-order chi connectivity index (χ1) is 14.0. The second kappa shape index (κ2) is 7.93. The number of aryl methyl sites for hydroxylation is 2. The maximum Gasteiger partial charge on any atom is 0.278 e. The van der Waals surface area contributed by atoms with E-state index in [1.54, 1.807) is 35.7 Å². The van der Waals surface area contributed by atoms with E-state index >= 15 is 0 Å². The van der Waals surface area contributed by atoms with Gasteiger partial charge in [0.1, 0.15) is 0 Å². The van der Waals surface area contributed by atoms with Crippen LogP contribution in [0.3, 0.4) is 0 Å². The van der Waals surface area contributed by atoms with E-state index in [2.05, 4.69) is 31.4 Å². The topological polar surface area (TPSA) is 72.2 Å². The van der Waals surface area contributed by atoms with Crippen LogP contribution in [0.2, 0.25) is 5.02 Å². The first kappa shape index (κ1) is 19.5. The van der Waals surface area contributed by atoms with Gasteiger partial charge in [0.2, 0.25) is 0 Å². The molecule has 29 heavy (non-hydrogen) atoms. The zero-order chi connectivity index (χ0) is 20.5. The molecule has 8 heteroatoms. The van der Waals surface area contributed by atoms with Gasteiger partial charge in [-0.1, -0.05) is 58.7 Å². The molecule has 4 rings (SSSR count). The minimum Gasteiger partial charge on any atom is -0.319 e. The fraction of sp³-hybridized carbons (Fsp3) is 0.143. The second-order valence-electron chi connectivity index (χ2n) is 6.49. The Morgan fingerprint density at radius 1 is 1.14 bits per heavy atom. The number of carbonyl (C=O) groups is 1. The van der Waals surface area contributed by atoms with E-state index in [-0.39, 0.29) is 11.6 Å². The van der Waals surface area contributed by atoms with Gasteiger partial charge in [-0.25, -0.2) is 4.52 Å². The van der Waals surface area contributed by atoms with Crippen LogP contribution < -0.4 is 5.32 Å². The molecule has 0 aliphatic rings. The molecule has 1 N–H and O–H groups in total. The summed E-state index contributed by atoms with van der Waals surface area (Å²) in [4.78, 5) is 12.8. The number of benzene rings is 2. The van der Waals surface area contributed by atoms with Crippen molar-refractivity contribution < 1.29 is 4.79 Å². The lowest BCUT2D eigenvalue weighted by atomic mass is 10.0. The summed E-state index contributed by atoms with van der Waals surface area (Å²) in [5, 5.41) is 16.5. The van der Waals surface area contributed by atoms with Gasteiger partial charge in [-0.15, -0.1) is 10.2 Å². The smallest absolute Gasteiger partial charge is 0.278 e. The van der Waals surface area contributed by atoms with Crippen molar-refractivity contribution in [2.45, 2.75) is 20.3 Å². The summed E-state index contributed by atoms with van der Waals surface area (Å²) in [5.74, 6) is -0.385. The van der Waals surface area contributed by atoms with Crippen LogP contribution in [0.1, 0.15) is 28.8 Å². The van der Waals surface area contributed by atoms with Crippen molar-refractivity contribution in [1.82, 2.24) is 19.8 Å². The Bertz CT molecular complexity index is 1220. The van der Waals surface area contributed by atoms with Crippen LogP contribution in [-0.4, -0.2) is 25.7 Å². The molecule has 0 aliphatic heterocycles. The molecule has 0 fully saturated rings. The third-order valence-electron chi connectivity index (χ3n) is 4.64. The number of aromatic nitrogens is 4. The normalized spacial score (nSPS) is 11.0. The summed E-state index contributed by atoms with van der Waals surface area (Å²) < 4.78 is 2.68. The van der Waals surface area contributed by atoms with Gasteiger partial charge in [-0.3, -0.25) is 4.79 Å². The van der Waals surface area contributed by atoms with Crippen LogP contribution in [0.5, 0.6) is 0 Å². The summed E-state index contributed by atoms with van der Waals surface area (Å²) in [6.07, 6.45) is 0.731. The van der Waals surface area contributed by atoms with Gasteiger partial charge in [0.15, 0.2) is 11.3 Å². The fourth-order valence-electron chi connectivity index (χ4n) is 3.16. The van der Waals surface area contributed by atoms with Gasteiger partial charge in [0.25, 0.3) is 5.91 Å². The Morgan fingerprint density at radius 3 is 2.55 bits per heavy atom. The molecule has 0 unspecified atom stereocenters. The molecule has 0 saturated carbocycles. The summed E-state index contributed by atoms with van der Waals surface area (Å²) in [5.41, 5.74) is 4.77. The van der Waals surface area contributed by atoms with Crippen LogP contribution in [0, 0.1) is 6.92 Å². The van der Waals surface area contributed by atoms with Crippen molar-refractivity contribution >= 4 is 44.8 Å². The number of anilines is 1. The number of nitrogens with one attached hydrogen (secondary N) is 1. The standard InChI is InChI=1S/C21H17BrClN5O/c1-3-16-18(13-8-10-14(22)11-9-13)20-26-25-19(12(2)28(20)27-16)21(29)24-17-7-5-4-6-15(17)23/h4-11H,3H2,1-2H3,(H,24,29). The number of rotatable bonds is 4. The molecule has 0 saturated heterocycles. The van der Waals surface area contributed by atoms with Gasteiger partial charge >= 0.3 is 0 Å².